The highest BCUT2D eigenvalue weighted by molar-refractivity contribution is 5.28. The van der Waals surface area contributed by atoms with Gasteiger partial charge in [-0.2, -0.15) is 0 Å². The van der Waals surface area contributed by atoms with E-state index in [1.807, 2.05) is 0 Å². The summed E-state index contributed by atoms with van der Waals surface area (Å²) in [7, 11) is 2.37. The van der Waals surface area contributed by atoms with Gasteiger partial charge in [-0.1, -0.05) is 34.6 Å². The average Bonchev–Trinajstić information content (AvgIpc) is 2.75. The molecular formula is C15H29N. The van der Waals surface area contributed by atoms with Crippen LogP contribution in [0.25, 0.3) is 0 Å². The van der Waals surface area contributed by atoms with E-state index in [0.29, 0.717) is 11.0 Å². The van der Waals surface area contributed by atoms with Gasteiger partial charge in [0.25, 0.3) is 0 Å². The standard InChI is InChI=1S/C15H29N/c1-10(2)15-13(5)14(15,6)11(3)8-9-12(4)16(15)7/h10-13H,8-9H2,1-7H3. The molecule has 0 aromatic carbocycles. The van der Waals surface area contributed by atoms with E-state index in [1.54, 1.807) is 0 Å². The van der Waals surface area contributed by atoms with Crippen LogP contribution in [0.15, 0.2) is 0 Å². The topological polar surface area (TPSA) is 3.24 Å². The SMILES string of the molecule is CC1CCC(C)C2(C)C(C)C2(C(C)C)N1C. The summed E-state index contributed by atoms with van der Waals surface area (Å²) in [4.78, 5) is 2.71. The Morgan fingerprint density at radius 1 is 1.12 bits per heavy atom. The molecule has 1 aliphatic heterocycles. The molecule has 2 rings (SSSR count). The Morgan fingerprint density at radius 2 is 1.69 bits per heavy atom. The van der Waals surface area contributed by atoms with Crippen molar-refractivity contribution in [3.8, 4) is 0 Å². The number of hydrogen-bond acceptors (Lipinski definition) is 1. The van der Waals surface area contributed by atoms with Gasteiger partial charge in [-0.15, -0.1) is 0 Å². The van der Waals surface area contributed by atoms with Gasteiger partial charge in [-0.05, 0) is 50.0 Å². The lowest BCUT2D eigenvalue weighted by Gasteiger charge is -2.39. The van der Waals surface area contributed by atoms with E-state index in [0.717, 1.165) is 23.8 Å². The van der Waals surface area contributed by atoms with Crippen LogP contribution >= 0.6 is 0 Å². The van der Waals surface area contributed by atoms with Crippen LogP contribution in [0.5, 0.6) is 0 Å². The number of likely N-dealkylation sites (tertiary alicyclic amines) is 1. The summed E-state index contributed by atoms with van der Waals surface area (Å²) < 4.78 is 0. The van der Waals surface area contributed by atoms with Crippen LogP contribution in [0.2, 0.25) is 0 Å². The first-order valence-corrected chi connectivity index (χ1v) is 7.04. The van der Waals surface area contributed by atoms with Crippen molar-refractivity contribution in [1.82, 2.24) is 4.90 Å². The summed E-state index contributed by atoms with van der Waals surface area (Å²) in [6.45, 7) is 14.7. The highest BCUT2D eigenvalue weighted by atomic mass is 15.3. The van der Waals surface area contributed by atoms with Gasteiger partial charge in [0.05, 0.1) is 0 Å². The zero-order valence-corrected chi connectivity index (χ0v) is 12.2. The fraction of sp³-hybridized carbons (Fsp3) is 1.00. The first-order valence-electron chi connectivity index (χ1n) is 7.04. The van der Waals surface area contributed by atoms with E-state index in [9.17, 15) is 0 Å². The van der Waals surface area contributed by atoms with Gasteiger partial charge < -0.3 is 0 Å². The second kappa shape index (κ2) is 3.48. The minimum atomic E-state index is 0.461. The summed E-state index contributed by atoms with van der Waals surface area (Å²) in [6.07, 6.45) is 2.77. The van der Waals surface area contributed by atoms with Crippen molar-refractivity contribution in [3.63, 3.8) is 0 Å². The summed E-state index contributed by atoms with van der Waals surface area (Å²) in [5.41, 5.74) is 1.00. The Kier molecular flexibility index (Phi) is 2.70. The number of nitrogens with zero attached hydrogens (tertiary/aromatic N) is 1. The van der Waals surface area contributed by atoms with E-state index in [2.05, 4.69) is 53.5 Å². The normalized spacial score (nSPS) is 53.6. The lowest BCUT2D eigenvalue weighted by Crippen LogP contribution is -2.47. The van der Waals surface area contributed by atoms with Gasteiger partial charge in [-0.3, -0.25) is 4.90 Å². The van der Waals surface area contributed by atoms with Crippen molar-refractivity contribution in [1.29, 1.82) is 0 Å². The molecule has 0 bridgehead atoms. The smallest absolute Gasteiger partial charge is 0.0323 e. The second-order valence-corrected chi connectivity index (χ2v) is 6.92. The molecule has 0 spiro atoms. The Balaban J connectivity index is 2.44. The first kappa shape index (κ1) is 12.4. The maximum atomic E-state index is 2.71. The fourth-order valence-electron chi connectivity index (χ4n) is 5.27. The maximum absolute atomic E-state index is 2.71. The molecule has 0 radical (unpaired) electrons. The molecule has 2 fully saturated rings. The lowest BCUT2D eigenvalue weighted by molar-refractivity contribution is 0.0878. The molecular weight excluding hydrogens is 194 g/mol. The van der Waals surface area contributed by atoms with Crippen molar-refractivity contribution in [3.05, 3.63) is 0 Å². The Labute approximate surface area is 102 Å². The van der Waals surface area contributed by atoms with E-state index < -0.39 is 0 Å². The molecule has 1 heterocycles. The molecule has 5 unspecified atom stereocenters. The van der Waals surface area contributed by atoms with E-state index in [1.165, 1.54) is 12.8 Å². The van der Waals surface area contributed by atoms with Crippen LogP contribution in [0.3, 0.4) is 0 Å². The molecule has 1 saturated carbocycles. The monoisotopic (exact) mass is 223 g/mol. The summed E-state index contributed by atoms with van der Waals surface area (Å²) in [5.74, 6) is 2.49. The largest absolute Gasteiger partial charge is 0.297 e. The predicted octanol–water partition coefficient (Wildman–Crippen LogP) is 3.79. The van der Waals surface area contributed by atoms with Crippen LogP contribution < -0.4 is 0 Å². The van der Waals surface area contributed by atoms with Gasteiger partial charge in [-0.25, -0.2) is 0 Å². The molecule has 5 atom stereocenters. The predicted molar refractivity (Wildman–Crippen MR) is 70.5 cm³/mol. The molecule has 0 aromatic rings. The van der Waals surface area contributed by atoms with Crippen LogP contribution in [0, 0.1) is 23.2 Å². The van der Waals surface area contributed by atoms with Crippen LogP contribution in [0.1, 0.15) is 54.4 Å². The first-order chi connectivity index (χ1) is 7.31. The Hall–Kier alpha value is -0.0400. The van der Waals surface area contributed by atoms with E-state index >= 15 is 0 Å². The number of hydrogen-bond donors (Lipinski definition) is 0. The number of rotatable bonds is 1. The lowest BCUT2D eigenvalue weighted by atomic mass is 9.81. The maximum Gasteiger partial charge on any atom is 0.0323 e. The summed E-state index contributed by atoms with van der Waals surface area (Å²) in [6, 6.07) is 0.747. The molecule has 0 amide bonds. The Morgan fingerprint density at radius 3 is 2.19 bits per heavy atom. The van der Waals surface area contributed by atoms with Gasteiger partial charge in [0, 0.05) is 11.6 Å². The fourth-order valence-corrected chi connectivity index (χ4v) is 5.27. The quantitative estimate of drug-likeness (QED) is 0.654. The summed E-state index contributed by atoms with van der Waals surface area (Å²) >= 11 is 0. The van der Waals surface area contributed by atoms with Gasteiger partial charge in [0.1, 0.15) is 0 Å². The van der Waals surface area contributed by atoms with Gasteiger partial charge in [0.15, 0.2) is 0 Å². The third-order valence-corrected chi connectivity index (χ3v) is 6.51. The van der Waals surface area contributed by atoms with Crippen LogP contribution in [0.4, 0.5) is 0 Å². The minimum Gasteiger partial charge on any atom is -0.297 e. The molecule has 1 heteroatoms. The highest BCUT2D eigenvalue weighted by Gasteiger charge is 2.76. The molecule has 1 aliphatic carbocycles. The van der Waals surface area contributed by atoms with Crippen LogP contribution in [-0.4, -0.2) is 23.5 Å². The second-order valence-electron chi connectivity index (χ2n) is 6.92. The minimum absolute atomic E-state index is 0.461. The molecule has 16 heavy (non-hydrogen) atoms. The van der Waals surface area contributed by atoms with Crippen molar-refractivity contribution in [2.45, 2.75) is 66.0 Å². The molecule has 2 aliphatic rings. The van der Waals surface area contributed by atoms with Gasteiger partial charge in [0.2, 0.25) is 0 Å². The third-order valence-electron chi connectivity index (χ3n) is 6.51. The zero-order valence-electron chi connectivity index (χ0n) is 12.2. The zero-order chi connectivity index (χ0) is 12.3. The molecule has 1 nitrogen and oxygen atoms in total. The molecule has 1 saturated heterocycles. The Bertz CT molecular complexity index is 285. The van der Waals surface area contributed by atoms with E-state index in [-0.39, 0.29) is 0 Å². The highest BCUT2D eigenvalue weighted by Crippen LogP contribution is 2.73. The number of fused-ring (bicyclic) bond motifs is 1. The van der Waals surface area contributed by atoms with Crippen molar-refractivity contribution in [2.75, 3.05) is 7.05 Å². The molecule has 0 N–H and O–H groups in total. The van der Waals surface area contributed by atoms with Crippen molar-refractivity contribution >= 4 is 0 Å². The summed E-state index contributed by atoms with van der Waals surface area (Å²) in [5, 5.41) is 0. The molecule has 94 valence electrons. The van der Waals surface area contributed by atoms with Gasteiger partial charge >= 0.3 is 0 Å². The van der Waals surface area contributed by atoms with Crippen molar-refractivity contribution < 1.29 is 0 Å². The van der Waals surface area contributed by atoms with E-state index in [4.69, 9.17) is 0 Å². The third kappa shape index (κ3) is 1.11. The molecule has 0 aromatic heterocycles. The van der Waals surface area contributed by atoms with Crippen LogP contribution in [-0.2, 0) is 0 Å². The average molecular weight is 223 g/mol. The van der Waals surface area contributed by atoms with Crippen molar-refractivity contribution in [2.24, 2.45) is 23.2 Å².